The number of carbonyl (C=O) groups is 1. The molecule has 0 saturated heterocycles. The van der Waals surface area contributed by atoms with E-state index in [1.807, 2.05) is 24.3 Å². The average molecular weight is 710 g/mol. The van der Waals surface area contributed by atoms with Gasteiger partial charge in [0.1, 0.15) is 5.71 Å². The Kier molecular flexibility index (Phi) is 9.43. The van der Waals surface area contributed by atoms with Gasteiger partial charge in [-0.2, -0.15) is 0 Å². The quantitative estimate of drug-likeness (QED) is 0.199. The van der Waals surface area contributed by atoms with Gasteiger partial charge < -0.3 is 20.4 Å². The van der Waals surface area contributed by atoms with Crippen molar-refractivity contribution in [3.63, 3.8) is 0 Å². The number of para-hydroxylation sites is 1. The van der Waals surface area contributed by atoms with Crippen LogP contribution in [0.1, 0.15) is 33.8 Å². The lowest BCUT2D eigenvalue weighted by Crippen LogP contribution is -2.31. The summed E-state index contributed by atoms with van der Waals surface area (Å²) in [6, 6.07) is 8.76. The second-order valence-corrected chi connectivity index (χ2v) is 11.5. The summed E-state index contributed by atoms with van der Waals surface area (Å²) >= 11 is 0. The van der Waals surface area contributed by atoms with E-state index in [0.717, 1.165) is 5.56 Å². The predicted molar refractivity (Wildman–Crippen MR) is 193 cm³/mol. The second kappa shape index (κ2) is 14.2. The number of fused-ring (bicyclic) bond motifs is 4. The molecule has 7 aromatic rings. The van der Waals surface area contributed by atoms with E-state index in [2.05, 4.69) is 49.8 Å². The Morgan fingerprint density at radius 1 is 0.755 bits per heavy atom. The Morgan fingerprint density at radius 2 is 1.30 bits per heavy atom. The van der Waals surface area contributed by atoms with Crippen LogP contribution in [0.2, 0.25) is 0 Å². The van der Waals surface area contributed by atoms with E-state index in [9.17, 15) is 19.2 Å². The first-order valence-electron chi connectivity index (χ1n) is 15.7. The first kappa shape index (κ1) is 35.1. The second-order valence-electron chi connectivity index (χ2n) is 11.5. The van der Waals surface area contributed by atoms with E-state index < -0.39 is 5.56 Å². The van der Waals surface area contributed by atoms with Crippen molar-refractivity contribution >= 4 is 51.2 Å². The van der Waals surface area contributed by atoms with Gasteiger partial charge >= 0.3 is 0 Å². The molecule has 4 N–H and O–H groups in total. The number of aromatic amines is 3. The molecule has 0 amide bonds. The number of rotatable bonds is 3. The van der Waals surface area contributed by atoms with Gasteiger partial charge in [0.25, 0.3) is 16.7 Å². The molecule has 0 bridgehead atoms. The molecule has 0 atom stereocenters. The van der Waals surface area contributed by atoms with E-state index in [0.29, 0.717) is 51.0 Å². The first-order chi connectivity index (χ1) is 25.5. The molecule has 0 spiro atoms. The Bertz CT molecular complexity index is 2950. The van der Waals surface area contributed by atoms with E-state index in [1.54, 1.807) is 20.8 Å². The summed E-state index contributed by atoms with van der Waals surface area (Å²) in [7, 11) is 0. The van der Waals surface area contributed by atoms with Crippen LogP contribution in [-0.2, 0) is 17.6 Å². The summed E-state index contributed by atoms with van der Waals surface area (Å²) in [6.45, 7) is 25.9. The summed E-state index contributed by atoms with van der Waals surface area (Å²) < 4.78 is 3.65. The van der Waals surface area contributed by atoms with Gasteiger partial charge in [-0.05, 0) is 32.4 Å². The topological polar surface area (TPSA) is 213 Å². The molecule has 53 heavy (non-hydrogen) atoms. The zero-order valence-corrected chi connectivity index (χ0v) is 28.3. The monoisotopic (exact) mass is 709 g/mol. The van der Waals surface area contributed by atoms with Crippen LogP contribution in [0.3, 0.4) is 0 Å². The third-order valence-electron chi connectivity index (χ3n) is 8.17. The number of aromatic nitrogens is 9. The molecule has 1 aliphatic rings. The fraction of sp³-hybridized carbons (Fsp3) is 0.171. The van der Waals surface area contributed by atoms with Crippen molar-refractivity contribution in [2.75, 3.05) is 6.61 Å². The Labute approximate surface area is 297 Å². The molecule has 18 heteroatoms. The minimum Gasteiger partial charge on any atom is -0.396 e. The largest absolute Gasteiger partial charge is 0.396 e. The van der Waals surface area contributed by atoms with Crippen LogP contribution in [0.5, 0.6) is 0 Å². The highest BCUT2D eigenvalue weighted by Crippen LogP contribution is 2.26. The molecule has 8 rings (SSSR count). The fourth-order valence-electron chi connectivity index (χ4n) is 5.66. The lowest BCUT2D eigenvalue weighted by atomic mass is 9.96. The molecular weight excluding hydrogens is 682 g/mol. The lowest BCUT2D eigenvalue weighted by Gasteiger charge is -2.15. The molecule has 6 aromatic heterocycles. The number of nitrogens with one attached hydrogen (secondary N) is 3. The fourth-order valence-corrected chi connectivity index (χ4v) is 5.66. The highest BCUT2D eigenvalue weighted by molar-refractivity contribution is 6.48. The van der Waals surface area contributed by atoms with Crippen LogP contribution in [0.4, 0.5) is 22.7 Å². The number of hydrogen-bond acceptors (Lipinski definition) is 9. The highest BCUT2D eigenvalue weighted by atomic mass is 16.3. The Hall–Kier alpha value is -7.75. The molecular formula is C35H27N13O5. The number of Topliss-reactive ketones (excluding diaryl/α,β-unsaturated/α-hetero) is 1. The van der Waals surface area contributed by atoms with Crippen molar-refractivity contribution in [3.05, 3.63) is 148 Å². The minimum atomic E-state index is -0.432. The number of carbonyl (C=O) groups excluding carboxylic acids is 1. The smallest absolute Gasteiger partial charge is 0.281 e. The predicted octanol–water partition coefficient (Wildman–Crippen LogP) is 3.43. The van der Waals surface area contributed by atoms with Crippen molar-refractivity contribution in [1.29, 1.82) is 0 Å². The van der Waals surface area contributed by atoms with E-state index in [1.165, 1.54) is 38.2 Å². The number of hydrogen-bond donors (Lipinski definition) is 4. The maximum absolute atomic E-state index is 12.8. The van der Waals surface area contributed by atoms with E-state index >= 15 is 0 Å². The van der Waals surface area contributed by atoms with Crippen molar-refractivity contribution in [2.24, 2.45) is 4.99 Å². The number of benzene rings is 1. The molecule has 1 aromatic carbocycles. The number of aliphatic imine (C=N–C) groups is 1. The van der Waals surface area contributed by atoms with Crippen LogP contribution in [0, 0.1) is 40.5 Å². The van der Waals surface area contributed by atoms with Gasteiger partial charge in [0.2, 0.25) is 17.1 Å². The first-order valence-corrected chi connectivity index (χ1v) is 15.7. The van der Waals surface area contributed by atoms with Crippen LogP contribution in [0.25, 0.3) is 31.5 Å². The molecule has 262 valence electrons. The molecule has 0 aliphatic carbocycles. The summed E-state index contributed by atoms with van der Waals surface area (Å²) in [4.78, 5) is 75.4. The summed E-state index contributed by atoms with van der Waals surface area (Å²) in [5.41, 5.74) is 4.87. The lowest BCUT2D eigenvalue weighted by molar-refractivity contribution is -0.112. The van der Waals surface area contributed by atoms with Crippen LogP contribution >= 0.6 is 0 Å². The summed E-state index contributed by atoms with van der Waals surface area (Å²) in [5, 5.41) is 16.9. The van der Waals surface area contributed by atoms with Gasteiger partial charge in [-0.15, -0.1) is 0 Å². The van der Waals surface area contributed by atoms with Crippen molar-refractivity contribution in [3.8, 4) is 0 Å². The maximum atomic E-state index is 12.8. The van der Waals surface area contributed by atoms with Gasteiger partial charge in [0.15, 0.2) is 22.7 Å². The Balaban J connectivity index is 0.000000144. The number of aryl methyl sites for hydroxylation is 3. The Morgan fingerprint density at radius 3 is 1.91 bits per heavy atom. The normalized spacial score (nSPS) is 11.8. The number of nitrogens with zero attached hydrogens (tertiary/aromatic N) is 10. The maximum Gasteiger partial charge on any atom is 0.281 e. The average Bonchev–Trinajstić information content (AvgIpc) is 3.87. The third kappa shape index (κ3) is 6.38. The van der Waals surface area contributed by atoms with Crippen molar-refractivity contribution < 1.29 is 9.90 Å². The number of aliphatic hydroxyl groups excluding tert-OH is 1. The van der Waals surface area contributed by atoms with Gasteiger partial charge in [0.05, 0.1) is 36.7 Å². The molecule has 0 radical (unpaired) electrons. The van der Waals surface area contributed by atoms with Crippen LogP contribution in [-0.4, -0.2) is 67.0 Å². The zero-order valence-electron chi connectivity index (χ0n) is 28.3. The van der Waals surface area contributed by atoms with Crippen LogP contribution in [0.15, 0.2) is 68.3 Å². The minimum absolute atomic E-state index is 0.0970. The highest BCUT2D eigenvalue weighted by Gasteiger charge is 2.27. The van der Waals surface area contributed by atoms with Gasteiger partial charge in [0, 0.05) is 61.1 Å². The zero-order chi connectivity index (χ0) is 38.0. The SMILES string of the molecule is [C-]#[N+]c1c[nH]n2c(=O)c(C3=Nc4ccccc4CC3=O)c(C)nc12.[C-]#[N+]c1c[nH]n2c(=O)c(CCO)c(C)nc12.[C-]#[N+]c1c[nH]n2c(=O)cc(C)nc12. The molecule has 1 aliphatic heterocycles. The van der Waals surface area contributed by atoms with Gasteiger partial charge in [-0.1, -0.05) is 18.2 Å². The molecule has 0 saturated carbocycles. The summed E-state index contributed by atoms with van der Waals surface area (Å²) in [6.07, 6.45) is 4.80. The third-order valence-corrected chi connectivity index (χ3v) is 8.17. The molecule has 0 fully saturated rings. The summed E-state index contributed by atoms with van der Waals surface area (Å²) in [5.74, 6) is -0.215. The van der Waals surface area contributed by atoms with Crippen LogP contribution < -0.4 is 16.7 Å². The van der Waals surface area contributed by atoms with E-state index in [4.69, 9.17) is 24.8 Å². The van der Waals surface area contributed by atoms with Crippen molar-refractivity contribution in [2.45, 2.75) is 33.6 Å². The van der Waals surface area contributed by atoms with Crippen molar-refractivity contribution in [1.82, 2.24) is 43.8 Å². The van der Waals surface area contributed by atoms with E-state index in [-0.39, 0.29) is 59.0 Å². The number of aliphatic hydroxyl groups is 1. The number of ketones is 1. The van der Waals surface area contributed by atoms with Gasteiger partial charge in [-0.3, -0.25) is 19.2 Å². The molecule has 18 nitrogen and oxygen atoms in total. The molecule has 0 unspecified atom stereocenters. The standard InChI is InChI=1S/C17H11N5O2.C10H10N4O2.C8H6N4O/c1-9-14(17(24)22-16(20-9)12(18-2)8-19-22)15-13(23)7-10-5-3-4-6-11(10)21-15;1-6-7(3-4-15)10(16)14-9(13-6)8(11-2)5-12-14;1-5-3-7(13)12-8(11-5)6(9-2)4-10-12/h3-6,8,19H,7H2,1H3;5,12,15H,3-4H2,1H3;3-4,10H,1H3. The number of H-pyrrole nitrogens is 3. The van der Waals surface area contributed by atoms with Gasteiger partial charge in [-0.25, -0.2) is 48.0 Å². The molecule has 7 heterocycles.